The van der Waals surface area contributed by atoms with Gasteiger partial charge >= 0.3 is 0 Å². The van der Waals surface area contributed by atoms with E-state index in [4.69, 9.17) is 0 Å². The van der Waals surface area contributed by atoms with E-state index in [9.17, 15) is 0 Å². The molecule has 0 aromatic heterocycles. The Balaban J connectivity index is 1.77. The van der Waals surface area contributed by atoms with Crippen LogP contribution >= 0.6 is 11.8 Å². The summed E-state index contributed by atoms with van der Waals surface area (Å²) in [5.41, 5.74) is 0.909. The Morgan fingerprint density at radius 2 is 2.09 bits per heavy atom. The summed E-state index contributed by atoms with van der Waals surface area (Å²) < 4.78 is 0. The lowest BCUT2D eigenvalue weighted by atomic mass is 9.99. The third-order valence-electron chi connectivity index (χ3n) is 3.86. The SMILES string of the molecule is C1CS[C@@H]2CC3(CC3)CC2C1. The lowest BCUT2D eigenvalue weighted by Crippen LogP contribution is -2.15. The summed E-state index contributed by atoms with van der Waals surface area (Å²) in [7, 11) is 0. The van der Waals surface area contributed by atoms with Gasteiger partial charge in [0.05, 0.1) is 0 Å². The van der Waals surface area contributed by atoms with Crippen molar-refractivity contribution in [3.63, 3.8) is 0 Å². The minimum Gasteiger partial charge on any atom is -0.158 e. The van der Waals surface area contributed by atoms with Crippen LogP contribution in [-0.2, 0) is 0 Å². The zero-order valence-electron chi connectivity index (χ0n) is 7.01. The Kier molecular flexibility index (Phi) is 1.36. The lowest BCUT2D eigenvalue weighted by molar-refractivity contribution is 0.449. The van der Waals surface area contributed by atoms with Crippen molar-refractivity contribution in [3.8, 4) is 0 Å². The molecule has 62 valence electrons. The van der Waals surface area contributed by atoms with Crippen molar-refractivity contribution < 1.29 is 0 Å². The molecule has 0 amide bonds. The first-order valence-corrected chi connectivity index (χ1v) is 6.05. The Bertz CT molecular complexity index is 156. The van der Waals surface area contributed by atoms with Gasteiger partial charge in [-0.25, -0.2) is 0 Å². The highest BCUT2D eigenvalue weighted by molar-refractivity contribution is 7.99. The predicted octanol–water partition coefficient (Wildman–Crippen LogP) is 3.07. The van der Waals surface area contributed by atoms with Crippen LogP contribution in [-0.4, -0.2) is 11.0 Å². The predicted molar refractivity (Wildman–Crippen MR) is 49.9 cm³/mol. The second-order valence-electron chi connectivity index (χ2n) is 4.72. The molecule has 1 aliphatic heterocycles. The molecule has 0 bridgehead atoms. The van der Waals surface area contributed by atoms with E-state index in [2.05, 4.69) is 11.8 Å². The smallest absolute Gasteiger partial charge is 0.00808 e. The average Bonchev–Trinajstić information content (AvgIpc) is 2.66. The highest BCUT2D eigenvalue weighted by atomic mass is 32.2. The van der Waals surface area contributed by atoms with Gasteiger partial charge in [-0.3, -0.25) is 0 Å². The van der Waals surface area contributed by atoms with E-state index in [-0.39, 0.29) is 0 Å². The molecular weight excluding hydrogens is 152 g/mol. The molecule has 3 fully saturated rings. The van der Waals surface area contributed by atoms with Crippen LogP contribution in [0.5, 0.6) is 0 Å². The molecular formula is C10H16S. The molecule has 1 spiro atoms. The van der Waals surface area contributed by atoms with Crippen LogP contribution < -0.4 is 0 Å². The standard InChI is InChI=1S/C10H16S/c1-2-8-6-10(3-4-10)7-9(8)11-5-1/h8-9H,1-7H2/t8?,9-/m1/s1. The number of fused-ring (bicyclic) bond motifs is 1. The molecule has 1 heteroatoms. The molecule has 2 atom stereocenters. The molecule has 0 aromatic rings. The van der Waals surface area contributed by atoms with E-state index in [0.29, 0.717) is 0 Å². The summed E-state index contributed by atoms with van der Waals surface area (Å²) >= 11 is 2.28. The summed E-state index contributed by atoms with van der Waals surface area (Å²) in [5, 5.41) is 1.09. The van der Waals surface area contributed by atoms with Crippen LogP contribution in [0.3, 0.4) is 0 Å². The minimum atomic E-state index is 0.909. The molecule has 11 heavy (non-hydrogen) atoms. The molecule has 1 heterocycles. The number of hydrogen-bond donors (Lipinski definition) is 0. The average molecular weight is 168 g/mol. The van der Waals surface area contributed by atoms with Crippen molar-refractivity contribution in [2.75, 3.05) is 5.75 Å². The third kappa shape index (κ3) is 1.04. The largest absolute Gasteiger partial charge is 0.158 e. The van der Waals surface area contributed by atoms with E-state index in [0.717, 1.165) is 16.6 Å². The van der Waals surface area contributed by atoms with Crippen molar-refractivity contribution in [1.82, 2.24) is 0 Å². The van der Waals surface area contributed by atoms with Gasteiger partial charge in [0.1, 0.15) is 0 Å². The van der Waals surface area contributed by atoms with Crippen molar-refractivity contribution in [2.24, 2.45) is 11.3 Å². The first-order chi connectivity index (χ1) is 5.38. The quantitative estimate of drug-likeness (QED) is 0.535. The molecule has 0 nitrogen and oxygen atoms in total. The van der Waals surface area contributed by atoms with Crippen LogP contribution in [0.1, 0.15) is 38.5 Å². The fourth-order valence-electron chi connectivity index (χ4n) is 3.01. The van der Waals surface area contributed by atoms with Crippen molar-refractivity contribution in [3.05, 3.63) is 0 Å². The maximum atomic E-state index is 2.28. The van der Waals surface area contributed by atoms with Gasteiger partial charge < -0.3 is 0 Å². The fourth-order valence-corrected chi connectivity index (χ4v) is 4.62. The van der Waals surface area contributed by atoms with Crippen LogP contribution in [0.4, 0.5) is 0 Å². The van der Waals surface area contributed by atoms with E-state index in [1.54, 1.807) is 32.1 Å². The monoisotopic (exact) mass is 168 g/mol. The molecule has 2 saturated carbocycles. The summed E-state index contributed by atoms with van der Waals surface area (Å²) in [4.78, 5) is 0. The Morgan fingerprint density at radius 1 is 1.18 bits per heavy atom. The van der Waals surface area contributed by atoms with E-state index < -0.39 is 0 Å². The molecule has 0 aromatic carbocycles. The summed E-state index contributed by atoms with van der Waals surface area (Å²) in [5.74, 6) is 2.59. The molecule has 3 rings (SSSR count). The van der Waals surface area contributed by atoms with Gasteiger partial charge in [-0.1, -0.05) is 0 Å². The van der Waals surface area contributed by atoms with E-state index >= 15 is 0 Å². The van der Waals surface area contributed by atoms with Crippen LogP contribution in [0.2, 0.25) is 0 Å². The van der Waals surface area contributed by atoms with Crippen molar-refractivity contribution >= 4 is 11.8 Å². The number of thioether (sulfide) groups is 1. The molecule has 0 N–H and O–H groups in total. The van der Waals surface area contributed by atoms with Gasteiger partial charge in [0.25, 0.3) is 0 Å². The highest BCUT2D eigenvalue weighted by Crippen LogP contribution is 2.63. The Hall–Kier alpha value is 0.350. The normalized spacial score (nSPS) is 45.8. The summed E-state index contributed by atoms with van der Waals surface area (Å²) in [6, 6.07) is 0. The number of rotatable bonds is 0. The van der Waals surface area contributed by atoms with E-state index in [1.165, 1.54) is 12.2 Å². The molecule has 2 aliphatic carbocycles. The maximum absolute atomic E-state index is 2.28. The summed E-state index contributed by atoms with van der Waals surface area (Å²) in [6.07, 6.45) is 9.38. The minimum absolute atomic E-state index is 0.909. The second kappa shape index (κ2) is 2.18. The molecule has 1 saturated heterocycles. The second-order valence-corrected chi connectivity index (χ2v) is 6.07. The van der Waals surface area contributed by atoms with Crippen LogP contribution in [0.15, 0.2) is 0 Å². The van der Waals surface area contributed by atoms with Gasteiger partial charge in [-0.05, 0) is 55.6 Å². The zero-order chi connectivity index (χ0) is 7.31. The van der Waals surface area contributed by atoms with Gasteiger partial charge in [0.15, 0.2) is 0 Å². The molecule has 1 unspecified atom stereocenters. The highest BCUT2D eigenvalue weighted by Gasteiger charge is 2.52. The number of hydrogen-bond acceptors (Lipinski definition) is 1. The topological polar surface area (TPSA) is 0 Å². The van der Waals surface area contributed by atoms with Gasteiger partial charge in [0.2, 0.25) is 0 Å². The van der Waals surface area contributed by atoms with Crippen molar-refractivity contribution in [2.45, 2.75) is 43.8 Å². The Labute approximate surface area is 73.1 Å². The summed E-state index contributed by atoms with van der Waals surface area (Å²) in [6.45, 7) is 0. The van der Waals surface area contributed by atoms with Gasteiger partial charge in [-0.2, -0.15) is 11.8 Å². The third-order valence-corrected chi connectivity index (χ3v) is 5.37. The van der Waals surface area contributed by atoms with Gasteiger partial charge in [-0.15, -0.1) is 0 Å². The van der Waals surface area contributed by atoms with Crippen LogP contribution in [0.25, 0.3) is 0 Å². The molecule has 0 radical (unpaired) electrons. The first kappa shape index (κ1) is 6.82. The van der Waals surface area contributed by atoms with E-state index in [1.807, 2.05) is 0 Å². The first-order valence-electron chi connectivity index (χ1n) is 5.00. The Morgan fingerprint density at radius 3 is 2.82 bits per heavy atom. The fraction of sp³-hybridized carbons (Fsp3) is 1.00. The van der Waals surface area contributed by atoms with Crippen molar-refractivity contribution in [1.29, 1.82) is 0 Å². The van der Waals surface area contributed by atoms with Crippen LogP contribution in [0, 0.1) is 11.3 Å². The molecule has 3 aliphatic rings. The van der Waals surface area contributed by atoms with Gasteiger partial charge in [0, 0.05) is 5.25 Å². The zero-order valence-corrected chi connectivity index (χ0v) is 7.83. The maximum Gasteiger partial charge on any atom is 0.00808 e. The lowest BCUT2D eigenvalue weighted by Gasteiger charge is -2.23.